The van der Waals surface area contributed by atoms with Crippen LogP contribution in [0.2, 0.25) is 0 Å². The van der Waals surface area contributed by atoms with Crippen molar-refractivity contribution in [1.29, 1.82) is 5.26 Å². The van der Waals surface area contributed by atoms with Crippen LogP contribution in [0.15, 0.2) is 24.3 Å². The second kappa shape index (κ2) is 4.08. The molecule has 1 aromatic rings. The molecule has 2 bridgehead atoms. The third-order valence-corrected chi connectivity index (χ3v) is 4.66. The maximum atomic E-state index is 10.9. The van der Waals surface area contributed by atoms with Gasteiger partial charge in [0.2, 0.25) is 0 Å². The maximum Gasteiger partial charge on any atom is 0.0991 e. The fourth-order valence-electron chi connectivity index (χ4n) is 3.56. The number of fused-ring (bicyclic) bond motifs is 2. The summed E-state index contributed by atoms with van der Waals surface area (Å²) in [5.41, 5.74) is 0.796. The number of nitrogens with zero attached hydrogens (tertiary/aromatic N) is 2. The van der Waals surface area contributed by atoms with Crippen molar-refractivity contribution in [2.75, 3.05) is 7.05 Å². The lowest BCUT2D eigenvalue weighted by Gasteiger charge is -2.42. The van der Waals surface area contributed by atoms with E-state index in [9.17, 15) is 5.11 Å². The van der Waals surface area contributed by atoms with Crippen LogP contribution in [-0.4, -0.2) is 29.1 Å². The lowest BCUT2D eigenvalue weighted by molar-refractivity contribution is -0.0493. The smallest absolute Gasteiger partial charge is 0.0991 e. The fourth-order valence-corrected chi connectivity index (χ4v) is 3.56. The number of rotatable bonds is 1. The molecule has 2 aliphatic heterocycles. The first-order valence-corrected chi connectivity index (χ1v) is 6.57. The van der Waals surface area contributed by atoms with Gasteiger partial charge in [-0.1, -0.05) is 12.1 Å². The van der Waals surface area contributed by atoms with Crippen molar-refractivity contribution in [2.45, 2.75) is 43.4 Å². The van der Waals surface area contributed by atoms with Crippen LogP contribution < -0.4 is 0 Å². The van der Waals surface area contributed by atoms with Crippen LogP contribution in [0.4, 0.5) is 0 Å². The Morgan fingerprint density at radius 2 is 2.00 bits per heavy atom. The van der Waals surface area contributed by atoms with E-state index in [2.05, 4.69) is 18.0 Å². The van der Waals surface area contributed by atoms with Gasteiger partial charge in [0.25, 0.3) is 0 Å². The standard InChI is InChI=1S/C15H18N2O/c1-17-13-5-6-14(17)9-15(18,8-13)12-4-2-3-11(7-12)10-16/h2-4,7,13-14,18H,5-6,8-9H2,1H3. The molecule has 0 aromatic heterocycles. The minimum Gasteiger partial charge on any atom is -0.385 e. The van der Waals surface area contributed by atoms with Crippen LogP contribution in [0.25, 0.3) is 0 Å². The molecule has 2 saturated heterocycles. The molecule has 3 nitrogen and oxygen atoms in total. The largest absolute Gasteiger partial charge is 0.385 e. The molecule has 0 spiro atoms. The van der Waals surface area contributed by atoms with Crippen molar-refractivity contribution in [3.05, 3.63) is 35.4 Å². The predicted octanol–water partition coefficient (Wildman–Crippen LogP) is 2.00. The summed E-state index contributed by atoms with van der Waals surface area (Å²) in [6, 6.07) is 10.6. The number of nitriles is 1. The van der Waals surface area contributed by atoms with Crippen LogP contribution in [0.1, 0.15) is 36.8 Å². The Bertz CT molecular complexity index is 491. The summed E-state index contributed by atoms with van der Waals surface area (Å²) in [7, 11) is 2.16. The SMILES string of the molecule is CN1C2CCC1CC(O)(c1cccc(C#N)c1)C2. The van der Waals surface area contributed by atoms with E-state index < -0.39 is 5.60 Å². The first-order valence-electron chi connectivity index (χ1n) is 6.57. The van der Waals surface area contributed by atoms with Crippen molar-refractivity contribution in [3.8, 4) is 6.07 Å². The van der Waals surface area contributed by atoms with Crippen molar-refractivity contribution in [2.24, 2.45) is 0 Å². The number of benzene rings is 1. The topological polar surface area (TPSA) is 47.3 Å². The Kier molecular flexibility index (Phi) is 2.65. The molecule has 0 aliphatic carbocycles. The molecule has 0 amide bonds. The number of piperidine rings is 1. The summed E-state index contributed by atoms with van der Waals surface area (Å²) in [6.07, 6.45) is 3.94. The molecule has 1 N–H and O–H groups in total. The van der Waals surface area contributed by atoms with Crippen LogP contribution in [0, 0.1) is 11.3 Å². The molecule has 0 radical (unpaired) electrons. The third-order valence-electron chi connectivity index (χ3n) is 4.66. The molecule has 3 heteroatoms. The first kappa shape index (κ1) is 11.7. The average molecular weight is 242 g/mol. The summed E-state index contributed by atoms with van der Waals surface area (Å²) in [5, 5.41) is 19.9. The summed E-state index contributed by atoms with van der Waals surface area (Å²) < 4.78 is 0. The van der Waals surface area contributed by atoms with E-state index >= 15 is 0 Å². The molecule has 1 aromatic carbocycles. The minimum atomic E-state index is -0.745. The lowest BCUT2D eigenvalue weighted by atomic mass is 9.80. The van der Waals surface area contributed by atoms with Crippen molar-refractivity contribution in [3.63, 3.8) is 0 Å². The minimum absolute atomic E-state index is 0.486. The van der Waals surface area contributed by atoms with Gasteiger partial charge in [0.15, 0.2) is 0 Å². The lowest BCUT2D eigenvalue weighted by Crippen LogP contribution is -2.47. The van der Waals surface area contributed by atoms with Gasteiger partial charge < -0.3 is 10.0 Å². The highest BCUT2D eigenvalue weighted by atomic mass is 16.3. The Labute approximate surface area is 108 Å². The Balaban J connectivity index is 1.94. The highest BCUT2D eigenvalue weighted by molar-refractivity contribution is 5.36. The molecule has 2 fully saturated rings. The fraction of sp³-hybridized carbons (Fsp3) is 0.533. The molecule has 0 saturated carbocycles. The van der Waals surface area contributed by atoms with E-state index in [0.29, 0.717) is 17.6 Å². The predicted molar refractivity (Wildman–Crippen MR) is 68.9 cm³/mol. The van der Waals surface area contributed by atoms with Gasteiger partial charge in [-0.25, -0.2) is 0 Å². The van der Waals surface area contributed by atoms with E-state index in [-0.39, 0.29) is 0 Å². The first-order chi connectivity index (χ1) is 8.62. The van der Waals surface area contributed by atoms with E-state index in [1.54, 1.807) is 6.07 Å². The van der Waals surface area contributed by atoms with E-state index in [0.717, 1.165) is 18.4 Å². The summed E-state index contributed by atoms with van der Waals surface area (Å²) in [6.45, 7) is 0. The van der Waals surface area contributed by atoms with E-state index in [1.165, 1.54) is 12.8 Å². The van der Waals surface area contributed by atoms with Gasteiger partial charge in [-0.2, -0.15) is 5.26 Å². The molecule has 2 aliphatic rings. The van der Waals surface area contributed by atoms with Crippen molar-refractivity contribution in [1.82, 2.24) is 4.90 Å². The van der Waals surface area contributed by atoms with Gasteiger partial charge in [0, 0.05) is 12.1 Å². The van der Waals surface area contributed by atoms with Gasteiger partial charge in [-0.3, -0.25) is 0 Å². The molecular formula is C15H18N2O. The third kappa shape index (κ3) is 1.73. The van der Waals surface area contributed by atoms with Gasteiger partial charge in [-0.05, 0) is 50.4 Å². The summed E-state index contributed by atoms with van der Waals surface area (Å²) in [5.74, 6) is 0. The van der Waals surface area contributed by atoms with Gasteiger partial charge >= 0.3 is 0 Å². The van der Waals surface area contributed by atoms with Crippen LogP contribution in [0.5, 0.6) is 0 Å². The van der Waals surface area contributed by atoms with Crippen LogP contribution in [-0.2, 0) is 5.60 Å². The van der Waals surface area contributed by atoms with Crippen LogP contribution >= 0.6 is 0 Å². The maximum absolute atomic E-state index is 10.9. The molecule has 2 atom stereocenters. The van der Waals surface area contributed by atoms with Gasteiger partial charge in [0.1, 0.15) is 0 Å². The zero-order chi connectivity index (χ0) is 12.8. The quantitative estimate of drug-likeness (QED) is 0.819. The average Bonchev–Trinajstić information content (AvgIpc) is 2.63. The molecule has 2 unspecified atom stereocenters. The Morgan fingerprint density at radius 1 is 1.33 bits per heavy atom. The normalized spacial score (nSPS) is 35.4. The Hall–Kier alpha value is -1.37. The molecule has 18 heavy (non-hydrogen) atoms. The zero-order valence-corrected chi connectivity index (χ0v) is 10.6. The van der Waals surface area contributed by atoms with E-state index in [1.807, 2.05) is 18.2 Å². The zero-order valence-electron chi connectivity index (χ0n) is 10.6. The monoisotopic (exact) mass is 242 g/mol. The van der Waals surface area contributed by atoms with E-state index in [4.69, 9.17) is 5.26 Å². The number of hydrogen-bond donors (Lipinski definition) is 1. The molecule has 3 rings (SSSR count). The highest BCUT2D eigenvalue weighted by Crippen LogP contribution is 2.44. The van der Waals surface area contributed by atoms with Crippen LogP contribution in [0.3, 0.4) is 0 Å². The highest BCUT2D eigenvalue weighted by Gasteiger charge is 2.46. The Morgan fingerprint density at radius 3 is 2.61 bits per heavy atom. The number of hydrogen-bond acceptors (Lipinski definition) is 3. The summed E-state index contributed by atoms with van der Waals surface area (Å²) in [4.78, 5) is 2.41. The van der Waals surface area contributed by atoms with Crippen molar-refractivity contribution < 1.29 is 5.11 Å². The molecule has 2 heterocycles. The van der Waals surface area contributed by atoms with Gasteiger partial charge in [0.05, 0.1) is 17.2 Å². The van der Waals surface area contributed by atoms with Crippen molar-refractivity contribution >= 4 is 0 Å². The molecular weight excluding hydrogens is 224 g/mol. The van der Waals surface area contributed by atoms with Gasteiger partial charge in [-0.15, -0.1) is 0 Å². The molecule has 94 valence electrons. The number of aliphatic hydroxyl groups is 1. The second-order valence-electron chi connectivity index (χ2n) is 5.68. The summed E-state index contributed by atoms with van der Waals surface area (Å²) >= 11 is 0. The second-order valence-corrected chi connectivity index (χ2v) is 5.68.